The van der Waals surface area contributed by atoms with Crippen LogP contribution in [0.2, 0.25) is 0 Å². The minimum atomic E-state index is -0.00299. The molecular formula is C21H19NOS. The average molecular weight is 333 g/mol. The lowest BCUT2D eigenvalue weighted by Crippen LogP contribution is -2.04. The minimum Gasteiger partial charge on any atom is -0.321 e. The zero-order chi connectivity index (χ0) is 16.7. The predicted molar refractivity (Wildman–Crippen MR) is 104 cm³/mol. The number of aromatic amines is 1. The van der Waals surface area contributed by atoms with E-state index in [1.165, 1.54) is 28.0 Å². The van der Waals surface area contributed by atoms with Gasteiger partial charge in [-0.3, -0.25) is 4.79 Å². The fourth-order valence-electron chi connectivity index (χ4n) is 3.28. The van der Waals surface area contributed by atoms with E-state index in [9.17, 15) is 4.79 Å². The standard InChI is InChI=1S/C21H19NOS/c1-3-13(2)14-7-9-15(10-8-14)16-5-4-6-18-19(16)17-11-12-24-20(17)21(23)22-18/h4-13H,3H2,1-2H3,(H,22,23). The summed E-state index contributed by atoms with van der Waals surface area (Å²) in [6.45, 7) is 4.47. The van der Waals surface area contributed by atoms with Crippen LogP contribution in [0.1, 0.15) is 31.7 Å². The normalized spacial score (nSPS) is 12.8. The van der Waals surface area contributed by atoms with Gasteiger partial charge < -0.3 is 4.98 Å². The van der Waals surface area contributed by atoms with E-state index in [1.807, 2.05) is 17.5 Å². The molecule has 3 heteroatoms. The molecule has 0 amide bonds. The number of fused-ring (bicyclic) bond motifs is 3. The first-order valence-electron chi connectivity index (χ1n) is 8.31. The minimum absolute atomic E-state index is 0.00299. The fraction of sp³-hybridized carbons (Fsp3) is 0.190. The number of nitrogens with one attached hydrogen (secondary N) is 1. The highest BCUT2D eigenvalue weighted by Gasteiger charge is 2.12. The van der Waals surface area contributed by atoms with Crippen LogP contribution in [-0.2, 0) is 0 Å². The van der Waals surface area contributed by atoms with Crippen LogP contribution in [0.5, 0.6) is 0 Å². The van der Waals surface area contributed by atoms with Crippen LogP contribution in [0.4, 0.5) is 0 Å². The summed E-state index contributed by atoms with van der Waals surface area (Å²) < 4.78 is 0.797. The van der Waals surface area contributed by atoms with Crippen LogP contribution >= 0.6 is 11.3 Å². The molecule has 0 radical (unpaired) electrons. The van der Waals surface area contributed by atoms with Crippen molar-refractivity contribution in [1.82, 2.24) is 4.98 Å². The van der Waals surface area contributed by atoms with Gasteiger partial charge in [0.2, 0.25) is 0 Å². The maximum atomic E-state index is 12.2. The molecule has 120 valence electrons. The van der Waals surface area contributed by atoms with Crippen molar-refractivity contribution in [1.29, 1.82) is 0 Å². The van der Waals surface area contributed by atoms with Crippen LogP contribution in [0, 0.1) is 0 Å². The average Bonchev–Trinajstić information content (AvgIpc) is 3.11. The molecule has 4 aromatic rings. The van der Waals surface area contributed by atoms with Crippen molar-refractivity contribution in [3.63, 3.8) is 0 Å². The summed E-state index contributed by atoms with van der Waals surface area (Å²) in [5, 5.41) is 4.16. The van der Waals surface area contributed by atoms with Gasteiger partial charge >= 0.3 is 0 Å². The third-order valence-corrected chi connectivity index (χ3v) is 5.77. The van der Waals surface area contributed by atoms with Crippen molar-refractivity contribution in [2.75, 3.05) is 0 Å². The second kappa shape index (κ2) is 5.91. The van der Waals surface area contributed by atoms with Crippen molar-refractivity contribution in [2.45, 2.75) is 26.2 Å². The summed E-state index contributed by atoms with van der Waals surface area (Å²) >= 11 is 1.50. The van der Waals surface area contributed by atoms with Crippen molar-refractivity contribution >= 4 is 32.3 Å². The Balaban J connectivity index is 1.97. The molecule has 0 aliphatic rings. The highest BCUT2D eigenvalue weighted by atomic mass is 32.1. The second-order valence-corrected chi connectivity index (χ2v) is 7.19. The Morgan fingerprint density at radius 2 is 1.88 bits per heavy atom. The SMILES string of the molecule is CCC(C)c1ccc(-c2cccc3[nH]c(=O)c4sccc4c23)cc1. The zero-order valence-corrected chi connectivity index (χ0v) is 14.6. The maximum Gasteiger partial charge on any atom is 0.266 e. The molecule has 0 aliphatic carbocycles. The van der Waals surface area contributed by atoms with Crippen LogP contribution in [0.3, 0.4) is 0 Å². The number of hydrogen-bond acceptors (Lipinski definition) is 2. The molecule has 0 fully saturated rings. The van der Waals surface area contributed by atoms with Gasteiger partial charge in [0.25, 0.3) is 5.56 Å². The number of rotatable bonds is 3. The molecule has 0 saturated heterocycles. The molecule has 1 atom stereocenters. The first kappa shape index (κ1) is 15.2. The molecule has 2 aromatic heterocycles. The molecule has 1 N–H and O–H groups in total. The molecule has 4 rings (SSSR count). The lowest BCUT2D eigenvalue weighted by Gasteiger charge is -2.12. The molecule has 0 aliphatic heterocycles. The molecular weight excluding hydrogens is 314 g/mol. The summed E-state index contributed by atoms with van der Waals surface area (Å²) in [4.78, 5) is 15.2. The van der Waals surface area contributed by atoms with Crippen molar-refractivity contribution in [3.8, 4) is 11.1 Å². The van der Waals surface area contributed by atoms with E-state index in [0.717, 1.165) is 27.4 Å². The van der Waals surface area contributed by atoms with Crippen LogP contribution in [0.25, 0.3) is 32.1 Å². The van der Waals surface area contributed by atoms with Gasteiger partial charge in [0.1, 0.15) is 4.70 Å². The lowest BCUT2D eigenvalue weighted by molar-refractivity contribution is 0.734. The number of aromatic nitrogens is 1. The third-order valence-electron chi connectivity index (χ3n) is 4.86. The monoisotopic (exact) mass is 333 g/mol. The Morgan fingerprint density at radius 3 is 2.62 bits per heavy atom. The molecule has 1 unspecified atom stereocenters. The van der Waals surface area contributed by atoms with Crippen molar-refractivity contribution < 1.29 is 0 Å². The van der Waals surface area contributed by atoms with Gasteiger partial charge in [0.05, 0.1) is 0 Å². The third kappa shape index (κ3) is 2.36. The van der Waals surface area contributed by atoms with Gasteiger partial charge in [-0.25, -0.2) is 0 Å². The molecule has 2 heterocycles. The van der Waals surface area contributed by atoms with Crippen LogP contribution in [-0.4, -0.2) is 4.98 Å². The summed E-state index contributed by atoms with van der Waals surface area (Å²) in [6, 6.07) is 17.0. The Morgan fingerprint density at radius 1 is 1.08 bits per heavy atom. The Kier molecular flexibility index (Phi) is 3.73. The van der Waals surface area contributed by atoms with Gasteiger partial charge in [0, 0.05) is 16.3 Å². The number of benzene rings is 2. The largest absolute Gasteiger partial charge is 0.321 e. The van der Waals surface area contributed by atoms with Gasteiger partial charge in [-0.15, -0.1) is 11.3 Å². The van der Waals surface area contributed by atoms with E-state index in [1.54, 1.807) is 0 Å². The Bertz CT molecular complexity index is 1070. The van der Waals surface area contributed by atoms with E-state index in [-0.39, 0.29) is 5.56 Å². The summed E-state index contributed by atoms with van der Waals surface area (Å²) in [5.74, 6) is 0.575. The van der Waals surface area contributed by atoms with Crippen molar-refractivity contribution in [2.24, 2.45) is 0 Å². The second-order valence-electron chi connectivity index (χ2n) is 6.28. The van der Waals surface area contributed by atoms with E-state index >= 15 is 0 Å². The molecule has 0 spiro atoms. The van der Waals surface area contributed by atoms with E-state index < -0.39 is 0 Å². The van der Waals surface area contributed by atoms with E-state index in [4.69, 9.17) is 0 Å². The van der Waals surface area contributed by atoms with Gasteiger partial charge in [-0.2, -0.15) is 0 Å². The van der Waals surface area contributed by atoms with Gasteiger partial charge in [-0.05, 0) is 46.5 Å². The number of pyridine rings is 1. The zero-order valence-electron chi connectivity index (χ0n) is 13.8. The number of thiophene rings is 1. The topological polar surface area (TPSA) is 32.9 Å². The molecule has 2 aromatic carbocycles. The first-order valence-corrected chi connectivity index (χ1v) is 9.19. The highest BCUT2D eigenvalue weighted by Crippen LogP contribution is 2.34. The molecule has 0 saturated carbocycles. The number of hydrogen-bond donors (Lipinski definition) is 1. The van der Waals surface area contributed by atoms with Crippen molar-refractivity contribution in [3.05, 3.63) is 69.8 Å². The lowest BCUT2D eigenvalue weighted by atomic mass is 9.94. The predicted octanol–water partition coefficient (Wildman–Crippen LogP) is 5.92. The quantitative estimate of drug-likeness (QED) is 0.496. The fourth-order valence-corrected chi connectivity index (χ4v) is 4.07. The smallest absolute Gasteiger partial charge is 0.266 e. The van der Waals surface area contributed by atoms with E-state index in [2.05, 4.69) is 55.2 Å². The molecule has 2 nitrogen and oxygen atoms in total. The summed E-state index contributed by atoms with van der Waals surface area (Å²) in [6.07, 6.45) is 1.14. The maximum absolute atomic E-state index is 12.2. The van der Waals surface area contributed by atoms with Crippen LogP contribution < -0.4 is 5.56 Å². The Hall–Kier alpha value is -2.39. The number of H-pyrrole nitrogens is 1. The van der Waals surface area contributed by atoms with Gasteiger partial charge in [-0.1, -0.05) is 50.2 Å². The highest BCUT2D eigenvalue weighted by molar-refractivity contribution is 7.17. The molecule has 24 heavy (non-hydrogen) atoms. The summed E-state index contributed by atoms with van der Waals surface area (Å²) in [5.41, 5.74) is 4.62. The molecule has 0 bridgehead atoms. The van der Waals surface area contributed by atoms with E-state index in [0.29, 0.717) is 5.92 Å². The Labute approximate surface area is 144 Å². The summed E-state index contributed by atoms with van der Waals surface area (Å²) in [7, 11) is 0. The first-order chi connectivity index (χ1) is 11.7. The van der Waals surface area contributed by atoms with Gasteiger partial charge in [0.15, 0.2) is 0 Å². The van der Waals surface area contributed by atoms with Crippen LogP contribution in [0.15, 0.2) is 58.7 Å².